The first kappa shape index (κ1) is 11.8. The zero-order valence-electron chi connectivity index (χ0n) is 10.1. The first-order valence-electron chi connectivity index (χ1n) is 6.39. The van der Waals surface area contributed by atoms with Crippen LogP contribution < -0.4 is 0 Å². The van der Waals surface area contributed by atoms with E-state index in [2.05, 4.69) is 31.5 Å². The van der Waals surface area contributed by atoms with E-state index in [1.165, 1.54) is 32.1 Å². The molecule has 1 aromatic heterocycles. The highest BCUT2D eigenvalue weighted by Crippen LogP contribution is 2.32. The van der Waals surface area contributed by atoms with Crippen molar-refractivity contribution in [2.45, 2.75) is 38.0 Å². The van der Waals surface area contributed by atoms with Gasteiger partial charge in [0.15, 0.2) is 5.82 Å². The quantitative estimate of drug-likeness (QED) is 0.853. The van der Waals surface area contributed by atoms with Crippen molar-refractivity contribution in [1.29, 1.82) is 0 Å². The van der Waals surface area contributed by atoms with E-state index in [4.69, 9.17) is 0 Å². The molecule has 0 saturated heterocycles. The predicted molar refractivity (Wildman–Crippen MR) is 72.7 cm³/mol. The van der Waals surface area contributed by atoms with Crippen LogP contribution in [0.3, 0.4) is 0 Å². The molecule has 0 amide bonds. The Morgan fingerprint density at radius 1 is 1.11 bits per heavy atom. The number of hydrogen-bond acceptors (Lipinski definition) is 3. The number of benzene rings is 1. The van der Waals surface area contributed by atoms with Gasteiger partial charge >= 0.3 is 0 Å². The first-order chi connectivity index (χ1) is 8.86. The molecule has 0 bridgehead atoms. The zero-order chi connectivity index (χ0) is 12.4. The van der Waals surface area contributed by atoms with Crippen molar-refractivity contribution >= 4 is 15.9 Å². The maximum atomic E-state index is 4.24. The molecule has 0 spiro atoms. The summed E-state index contributed by atoms with van der Waals surface area (Å²) in [6.07, 6.45) is 6.31. The lowest BCUT2D eigenvalue weighted by Crippen LogP contribution is -2.12. The molecule has 1 saturated carbocycles. The number of halogens is 1. The fourth-order valence-electron chi connectivity index (χ4n) is 2.60. The average molecular weight is 307 g/mol. The third-order valence-electron chi connectivity index (χ3n) is 3.54. The monoisotopic (exact) mass is 306 g/mol. The summed E-state index contributed by atoms with van der Waals surface area (Å²) in [7, 11) is 0. The highest BCUT2D eigenvalue weighted by Gasteiger charge is 2.22. The lowest BCUT2D eigenvalue weighted by atomic mass is 9.89. The summed E-state index contributed by atoms with van der Waals surface area (Å²) in [5, 5.41) is 12.2. The topological polar surface area (TPSA) is 43.6 Å². The molecule has 1 heterocycles. The van der Waals surface area contributed by atoms with Gasteiger partial charge in [0.25, 0.3) is 0 Å². The maximum Gasteiger partial charge on any atom is 0.159 e. The first-order valence-corrected chi connectivity index (χ1v) is 7.19. The lowest BCUT2D eigenvalue weighted by Gasteiger charge is -2.20. The summed E-state index contributed by atoms with van der Waals surface area (Å²) < 4.78 is 2.90. The van der Waals surface area contributed by atoms with Crippen LogP contribution in [0.25, 0.3) is 5.69 Å². The molecule has 4 nitrogen and oxygen atoms in total. The molecule has 1 fully saturated rings. The SMILES string of the molecule is Brc1ccccc1-n1nnnc1C1CCCCC1. The summed E-state index contributed by atoms with van der Waals surface area (Å²) in [4.78, 5) is 0. The van der Waals surface area contributed by atoms with Crippen LogP contribution in [0.4, 0.5) is 0 Å². The number of tetrazole rings is 1. The molecular weight excluding hydrogens is 292 g/mol. The normalized spacial score (nSPS) is 16.9. The van der Waals surface area contributed by atoms with Crippen LogP contribution >= 0.6 is 15.9 Å². The number of nitrogens with zero attached hydrogens (tertiary/aromatic N) is 4. The fourth-order valence-corrected chi connectivity index (χ4v) is 3.06. The van der Waals surface area contributed by atoms with Gasteiger partial charge in [-0.25, -0.2) is 0 Å². The van der Waals surface area contributed by atoms with E-state index in [1.807, 2.05) is 28.9 Å². The van der Waals surface area contributed by atoms with Crippen molar-refractivity contribution in [2.24, 2.45) is 0 Å². The van der Waals surface area contributed by atoms with Crippen LogP contribution in [0.1, 0.15) is 43.8 Å². The molecule has 1 aliphatic rings. The van der Waals surface area contributed by atoms with Gasteiger partial charge in [0.2, 0.25) is 0 Å². The molecule has 2 aromatic rings. The van der Waals surface area contributed by atoms with E-state index in [9.17, 15) is 0 Å². The summed E-state index contributed by atoms with van der Waals surface area (Å²) in [5.41, 5.74) is 1.02. The van der Waals surface area contributed by atoms with Crippen molar-refractivity contribution in [3.8, 4) is 5.69 Å². The Balaban J connectivity index is 1.98. The van der Waals surface area contributed by atoms with Crippen LogP contribution in [0.15, 0.2) is 28.7 Å². The predicted octanol–water partition coefficient (Wildman–Crippen LogP) is 3.47. The molecule has 1 aliphatic carbocycles. The summed E-state index contributed by atoms with van der Waals surface area (Å²) in [6, 6.07) is 8.05. The van der Waals surface area contributed by atoms with Crippen molar-refractivity contribution in [3.63, 3.8) is 0 Å². The largest absolute Gasteiger partial charge is 0.196 e. The van der Waals surface area contributed by atoms with Gasteiger partial charge in [0.05, 0.1) is 5.69 Å². The van der Waals surface area contributed by atoms with E-state index >= 15 is 0 Å². The second-order valence-corrected chi connectivity index (χ2v) is 5.59. The van der Waals surface area contributed by atoms with Crippen LogP contribution in [0.5, 0.6) is 0 Å². The number of para-hydroxylation sites is 1. The van der Waals surface area contributed by atoms with Gasteiger partial charge in [-0.1, -0.05) is 31.4 Å². The van der Waals surface area contributed by atoms with Crippen LogP contribution in [-0.2, 0) is 0 Å². The third-order valence-corrected chi connectivity index (χ3v) is 4.22. The zero-order valence-corrected chi connectivity index (χ0v) is 11.7. The maximum absolute atomic E-state index is 4.24. The Hall–Kier alpha value is -1.23. The minimum absolute atomic E-state index is 0.501. The highest BCUT2D eigenvalue weighted by molar-refractivity contribution is 9.10. The highest BCUT2D eigenvalue weighted by atomic mass is 79.9. The van der Waals surface area contributed by atoms with E-state index in [-0.39, 0.29) is 0 Å². The molecule has 0 radical (unpaired) electrons. The molecular formula is C13H15BrN4. The van der Waals surface area contributed by atoms with Gasteiger partial charge in [0, 0.05) is 10.4 Å². The summed E-state index contributed by atoms with van der Waals surface area (Å²) in [6.45, 7) is 0. The summed E-state index contributed by atoms with van der Waals surface area (Å²) >= 11 is 3.56. The molecule has 5 heteroatoms. The van der Waals surface area contributed by atoms with Crippen LogP contribution in [-0.4, -0.2) is 20.2 Å². The van der Waals surface area contributed by atoms with Gasteiger partial charge in [-0.15, -0.1) is 5.10 Å². The van der Waals surface area contributed by atoms with Gasteiger partial charge in [-0.2, -0.15) is 4.68 Å². The van der Waals surface area contributed by atoms with Crippen LogP contribution in [0.2, 0.25) is 0 Å². The standard InChI is InChI=1S/C13H15BrN4/c14-11-8-4-5-9-12(11)18-13(15-16-17-18)10-6-2-1-3-7-10/h4-5,8-10H,1-3,6-7H2. The Labute approximate surface area is 115 Å². The summed E-state index contributed by atoms with van der Waals surface area (Å²) in [5.74, 6) is 1.50. The Morgan fingerprint density at radius 2 is 1.89 bits per heavy atom. The Bertz CT molecular complexity index is 531. The minimum atomic E-state index is 0.501. The molecule has 3 rings (SSSR count). The van der Waals surface area contributed by atoms with Gasteiger partial charge < -0.3 is 0 Å². The molecule has 0 aliphatic heterocycles. The van der Waals surface area contributed by atoms with Gasteiger partial charge in [-0.3, -0.25) is 0 Å². The van der Waals surface area contributed by atoms with E-state index in [1.54, 1.807) is 0 Å². The van der Waals surface area contributed by atoms with Gasteiger partial charge in [-0.05, 0) is 51.3 Å². The van der Waals surface area contributed by atoms with Crippen molar-refractivity contribution < 1.29 is 0 Å². The van der Waals surface area contributed by atoms with Crippen molar-refractivity contribution in [3.05, 3.63) is 34.6 Å². The Kier molecular flexibility index (Phi) is 3.41. The molecule has 0 unspecified atom stereocenters. The fraction of sp³-hybridized carbons (Fsp3) is 0.462. The van der Waals surface area contributed by atoms with Crippen LogP contribution in [0, 0.1) is 0 Å². The molecule has 0 N–H and O–H groups in total. The average Bonchev–Trinajstić information content (AvgIpc) is 2.89. The second kappa shape index (κ2) is 5.18. The number of hydrogen-bond donors (Lipinski definition) is 0. The number of aromatic nitrogens is 4. The second-order valence-electron chi connectivity index (χ2n) is 4.74. The van der Waals surface area contributed by atoms with E-state index in [0.717, 1.165) is 16.0 Å². The van der Waals surface area contributed by atoms with E-state index < -0.39 is 0 Å². The molecule has 0 atom stereocenters. The molecule has 94 valence electrons. The number of rotatable bonds is 2. The Morgan fingerprint density at radius 3 is 2.67 bits per heavy atom. The van der Waals surface area contributed by atoms with Crippen molar-refractivity contribution in [2.75, 3.05) is 0 Å². The minimum Gasteiger partial charge on any atom is -0.196 e. The molecule has 18 heavy (non-hydrogen) atoms. The third kappa shape index (κ3) is 2.19. The van der Waals surface area contributed by atoms with E-state index in [0.29, 0.717) is 5.92 Å². The lowest BCUT2D eigenvalue weighted by molar-refractivity contribution is 0.422. The van der Waals surface area contributed by atoms with Crippen molar-refractivity contribution in [1.82, 2.24) is 20.2 Å². The molecule has 1 aromatic carbocycles. The smallest absolute Gasteiger partial charge is 0.159 e. The van der Waals surface area contributed by atoms with Gasteiger partial charge in [0.1, 0.15) is 0 Å².